The van der Waals surface area contributed by atoms with Gasteiger partial charge in [-0.05, 0) is 89.6 Å². The lowest BCUT2D eigenvalue weighted by Gasteiger charge is -2.42. The number of hydrogen-bond acceptors (Lipinski definition) is 31. The maximum atomic E-state index is 14.5. The Kier molecular flexibility index (Phi) is 35.2. The summed E-state index contributed by atoms with van der Waals surface area (Å²) in [7, 11) is 2.71. The average Bonchev–Trinajstić information content (AvgIpc) is 0.911. The van der Waals surface area contributed by atoms with Crippen LogP contribution in [0.25, 0.3) is 0 Å². The molecular formula is C83H100N8O29. The molecule has 0 spiro atoms. The molecule has 0 aliphatic carbocycles. The summed E-state index contributed by atoms with van der Waals surface area (Å²) in [5.74, 6) is -3.15. The minimum absolute atomic E-state index is 0.0107. The average molecular weight is 1670 g/mol. The zero-order valence-corrected chi connectivity index (χ0v) is 66.9. The Morgan fingerprint density at radius 2 is 1.01 bits per heavy atom. The van der Waals surface area contributed by atoms with Crippen molar-refractivity contribution in [2.24, 2.45) is 23.3 Å². The number of likely N-dealkylation sites (tertiary alicyclic amines) is 2. The molecule has 0 saturated carbocycles. The molecule has 9 N–H and O–H groups in total. The highest BCUT2D eigenvalue weighted by atomic mass is 16.8. The molecule has 11 atom stereocenters. The fraction of sp³-hybridized carbons (Fsp3) is 0.410. The molecule has 5 aromatic rings. The van der Waals surface area contributed by atoms with Gasteiger partial charge in [-0.2, -0.15) is 0 Å². The predicted molar refractivity (Wildman–Crippen MR) is 428 cm³/mol. The molecule has 5 aromatic carbocycles. The van der Waals surface area contributed by atoms with Crippen molar-refractivity contribution in [1.29, 1.82) is 0 Å². The number of anilines is 2. The van der Waals surface area contributed by atoms with Crippen LogP contribution in [-0.4, -0.2) is 208 Å². The van der Waals surface area contributed by atoms with E-state index < -0.39 is 165 Å². The second-order valence-corrected chi connectivity index (χ2v) is 27.7. The van der Waals surface area contributed by atoms with Gasteiger partial charge in [0.15, 0.2) is 47.1 Å². The van der Waals surface area contributed by atoms with Gasteiger partial charge < -0.3 is 113 Å². The Morgan fingerprint density at radius 1 is 0.550 bits per heavy atom. The maximum Gasteiger partial charge on any atom is 0.509 e. The van der Waals surface area contributed by atoms with E-state index in [0.717, 1.165) is 29.8 Å². The number of rotatable bonds is 41. The fourth-order valence-electron chi connectivity index (χ4n) is 13.1. The van der Waals surface area contributed by atoms with Crippen molar-refractivity contribution in [3.8, 4) is 28.7 Å². The molecule has 120 heavy (non-hydrogen) atoms. The summed E-state index contributed by atoms with van der Waals surface area (Å²) in [6.07, 6.45) is -9.71. The lowest BCUT2D eigenvalue weighted by molar-refractivity contribution is -0.387. The molecule has 5 amide bonds. The van der Waals surface area contributed by atoms with Crippen LogP contribution in [0, 0.1) is 22.0 Å². The van der Waals surface area contributed by atoms with E-state index in [-0.39, 0.29) is 109 Å². The Labute approximate surface area is 691 Å². The van der Waals surface area contributed by atoms with E-state index in [1.165, 1.54) is 72.6 Å². The number of nitro groups is 1. The van der Waals surface area contributed by atoms with Crippen LogP contribution in [0.3, 0.4) is 0 Å². The van der Waals surface area contributed by atoms with Gasteiger partial charge in [-0.1, -0.05) is 133 Å². The van der Waals surface area contributed by atoms with Gasteiger partial charge in [0, 0.05) is 49.4 Å². The number of amides is 5. The summed E-state index contributed by atoms with van der Waals surface area (Å²) < 4.78 is 89.1. The number of nitrogens with two attached hydrogens (primary N) is 2. The molecule has 3 aliphatic rings. The van der Waals surface area contributed by atoms with E-state index in [0.29, 0.717) is 48.9 Å². The smallest absolute Gasteiger partial charge is 0.493 e. The van der Waals surface area contributed by atoms with Gasteiger partial charge in [0.1, 0.15) is 59.5 Å². The number of nitrogens with zero attached hydrogens (tertiary/aromatic N) is 3. The molecule has 0 aromatic heterocycles. The van der Waals surface area contributed by atoms with Gasteiger partial charge in [-0.15, -0.1) is 0 Å². The van der Waals surface area contributed by atoms with Crippen molar-refractivity contribution in [3.05, 3.63) is 203 Å². The van der Waals surface area contributed by atoms with E-state index >= 15 is 0 Å². The lowest BCUT2D eigenvalue weighted by atomic mass is 9.82. The van der Waals surface area contributed by atoms with Gasteiger partial charge in [0.05, 0.1) is 66.9 Å². The van der Waals surface area contributed by atoms with Gasteiger partial charge in [-0.3, -0.25) is 30.3 Å². The van der Waals surface area contributed by atoms with E-state index in [1.54, 1.807) is 48.5 Å². The molecule has 8 rings (SSSR count). The first-order chi connectivity index (χ1) is 57.7. The van der Waals surface area contributed by atoms with Gasteiger partial charge in [0.2, 0.25) is 12.4 Å². The number of alkyl carbamates (subject to hydrolysis) is 1. The number of nitrogens with one attached hydrogen (secondary N) is 3. The summed E-state index contributed by atoms with van der Waals surface area (Å²) in [6.45, 7) is 20.2. The number of aliphatic hydroxyl groups excluding tert-OH is 2. The molecule has 37 heteroatoms. The first kappa shape index (κ1) is 92.5. The Morgan fingerprint density at radius 3 is 1.48 bits per heavy atom. The highest BCUT2D eigenvalue weighted by molar-refractivity contribution is 6.05. The van der Waals surface area contributed by atoms with Crippen LogP contribution in [0.15, 0.2) is 154 Å². The number of ether oxygens (including phenoxy) is 16. The van der Waals surface area contributed by atoms with Crippen molar-refractivity contribution in [3.63, 3.8) is 0 Å². The normalized spacial score (nSPS) is 18.2. The molecular weight excluding hydrogens is 1570 g/mol. The Hall–Kier alpha value is -13.0. The third-order valence-electron chi connectivity index (χ3n) is 19.2. The van der Waals surface area contributed by atoms with Crippen LogP contribution in [0.5, 0.6) is 28.7 Å². The SMILES string of the molecule is C=CCOC(=O)N[C@@H](C(C)C)C(N)[C@@H](C)C(N)c1ccc(COC(=O)Nc2cc(OCc3cccc(COc4cc(NC(=O)OCc5ccc(O[C@@H]6O[C@H](C(=O)OCC=C)[C@@H](OC(=O)OCC=C)[C@H](OC(=O)OCC=C)[C@H]6OC(=O)OCC=C)c([N+](=O)[O-])c5)c(C(=O)N5CCC[C@H]5CO)cc4OC)c3)c(OC)cc2C(=O)N2CCC[C@H]2CO)cc1. The van der Waals surface area contributed by atoms with Crippen LogP contribution in [0.4, 0.5) is 45.8 Å². The van der Waals surface area contributed by atoms with Crippen LogP contribution in [0.2, 0.25) is 0 Å². The molecule has 0 bridgehead atoms. The molecule has 3 fully saturated rings. The Balaban J connectivity index is 0.995. The monoisotopic (exact) mass is 1670 g/mol. The van der Waals surface area contributed by atoms with E-state index in [9.17, 15) is 63.5 Å². The minimum Gasteiger partial charge on any atom is -0.493 e. The quantitative estimate of drug-likeness (QED) is 0.00628. The summed E-state index contributed by atoms with van der Waals surface area (Å²) in [4.78, 5) is 137. The first-order valence-electron chi connectivity index (χ1n) is 38.0. The fourth-order valence-corrected chi connectivity index (χ4v) is 13.1. The van der Waals surface area contributed by atoms with Crippen molar-refractivity contribution in [1.82, 2.24) is 15.1 Å². The summed E-state index contributed by atoms with van der Waals surface area (Å²) in [6, 6.07) is 20.1. The predicted octanol–water partition coefficient (Wildman–Crippen LogP) is 10.3. The van der Waals surface area contributed by atoms with Crippen LogP contribution >= 0.6 is 0 Å². The van der Waals surface area contributed by atoms with E-state index in [4.69, 9.17) is 87.3 Å². The number of methoxy groups -OCH3 is 2. The molecule has 2 unspecified atom stereocenters. The zero-order chi connectivity index (χ0) is 87.1. The van der Waals surface area contributed by atoms with Gasteiger partial charge in [-0.25, -0.2) is 33.6 Å². The van der Waals surface area contributed by atoms with Crippen LogP contribution < -0.4 is 51.1 Å². The van der Waals surface area contributed by atoms with E-state index in [2.05, 4.69) is 48.8 Å². The van der Waals surface area contributed by atoms with Gasteiger partial charge >= 0.3 is 48.4 Å². The van der Waals surface area contributed by atoms with Gasteiger partial charge in [0.25, 0.3) is 11.8 Å². The van der Waals surface area contributed by atoms with Crippen LogP contribution in [-0.2, 0) is 83.3 Å². The molecule has 0 radical (unpaired) electrons. The number of aliphatic hydroxyl groups is 2. The standard InChI is InChI=1S/C83H100N8O29/c1-11-31-107-76(96)72-70(118-81(100)109-33-13-3)71(119-82(101)110-34-14-4)73(120-83(102)111-35-15-5)77(117-72)116-62-28-25-53(37-61(62)91(103)104)47-115-79(98)87-60-41-66(64(106-10)39-58(60)75(95)90-30-18-22-56(90)43-93)113-46-52-20-16-19-51(36-52)45-112-65-40-59(57(38-63(65)105-9)74(94)89-29-17-21-55(89)42-92)86-78(97)114-44-50-23-26-54(27-24-50)67(84)49(8)68(85)69(48(6)7)88-80(99)108-32-12-2/h11-16,19-20,23-28,36-41,48-49,55-56,67-73,77,92-93H,1-5,17-18,21-22,29-35,42-47,84-85H2,6-10H3,(H,86,97)(H,87,98)(H,88,99)/t49-,55-,56-,67?,68?,69-,70-,71-,72-,73+,77+/m0/s1. The molecule has 3 heterocycles. The molecule has 37 nitrogen and oxygen atoms in total. The highest BCUT2D eigenvalue weighted by Gasteiger charge is 2.58. The van der Waals surface area contributed by atoms with E-state index in [1.807, 2.05) is 20.8 Å². The summed E-state index contributed by atoms with van der Waals surface area (Å²) in [5.41, 5.74) is 14.8. The largest absolute Gasteiger partial charge is 0.509 e. The number of hydrogen-bond donors (Lipinski definition) is 7. The number of benzene rings is 5. The number of esters is 1. The van der Waals surface area contributed by atoms with Crippen molar-refractivity contribution < 1.29 is 134 Å². The minimum atomic E-state index is -2.22. The van der Waals surface area contributed by atoms with Crippen LogP contribution in [0.1, 0.15) is 101 Å². The highest BCUT2D eigenvalue weighted by Crippen LogP contribution is 2.41. The number of carbonyl (C=O) groups excluding carboxylic acids is 9. The topological polar surface area (TPSA) is 480 Å². The van der Waals surface area contributed by atoms with Crippen molar-refractivity contribution >= 4 is 71.6 Å². The van der Waals surface area contributed by atoms with Crippen molar-refractivity contribution in [2.75, 3.05) is 84.2 Å². The third-order valence-corrected chi connectivity index (χ3v) is 19.2. The number of nitro benzene ring substituents is 1. The molecule has 3 saturated heterocycles. The first-order valence-corrected chi connectivity index (χ1v) is 38.0. The second kappa shape index (κ2) is 45.7. The third kappa shape index (κ3) is 25.3. The summed E-state index contributed by atoms with van der Waals surface area (Å²) >= 11 is 0. The van der Waals surface area contributed by atoms with Crippen molar-refractivity contribution in [2.45, 2.75) is 134 Å². The molecule has 3 aliphatic heterocycles. The Bertz CT molecular complexity index is 4470. The lowest BCUT2D eigenvalue weighted by Crippen LogP contribution is -2.64. The zero-order valence-electron chi connectivity index (χ0n) is 66.9. The molecule has 646 valence electrons. The maximum absolute atomic E-state index is 14.5. The summed E-state index contributed by atoms with van der Waals surface area (Å²) in [5, 5.41) is 41.6. The second-order valence-electron chi connectivity index (χ2n) is 27.7. The number of carbonyl (C=O) groups is 9.